The van der Waals surface area contributed by atoms with Crippen LogP contribution in [0.4, 0.5) is 5.82 Å². The van der Waals surface area contributed by atoms with Gasteiger partial charge in [0.2, 0.25) is 0 Å². The van der Waals surface area contributed by atoms with Crippen LogP contribution in [0, 0.1) is 0 Å². The molecule has 0 saturated heterocycles. The van der Waals surface area contributed by atoms with Crippen molar-refractivity contribution in [3.05, 3.63) is 18.1 Å². The van der Waals surface area contributed by atoms with E-state index >= 15 is 0 Å². The number of aromatic nitrogens is 2. The third-order valence-corrected chi connectivity index (χ3v) is 3.80. The van der Waals surface area contributed by atoms with E-state index < -0.39 is 0 Å². The van der Waals surface area contributed by atoms with Crippen molar-refractivity contribution in [3.63, 3.8) is 0 Å². The number of nitrogens with zero attached hydrogens (tertiary/aromatic N) is 3. The fraction of sp³-hybridized carbons (Fsp3) is 0.714. The topological polar surface area (TPSA) is 41.0 Å². The summed E-state index contributed by atoms with van der Waals surface area (Å²) in [6.07, 6.45) is 8.12. The maximum Gasteiger partial charge on any atom is 0.129 e. The zero-order valence-electron chi connectivity index (χ0n) is 11.5. The molecule has 0 spiro atoms. The van der Waals surface area contributed by atoms with Crippen molar-refractivity contribution in [2.75, 3.05) is 25.5 Å². The van der Waals surface area contributed by atoms with E-state index in [1.807, 2.05) is 6.07 Å². The van der Waals surface area contributed by atoms with Gasteiger partial charge in [-0.05, 0) is 26.3 Å². The Bertz CT molecular complexity index is 361. The third kappa shape index (κ3) is 3.67. The molecule has 1 fully saturated rings. The van der Waals surface area contributed by atoms with E-state index in [9.17, 15) is 0 Å². The lowest BCUT2D eigenvalue weighted by molar-refractivity contribution is 0.254. The summed E-state index contributed by atoms with van der Waals surface area (Å²) >= 11 is 0. The van der Waals surface area contributed by atoms with Crippen LogP contribution in [0.1, 0.15) is 38.3 Å². The van der Waals surface area contributed by atoms with Crippen LogP contribution in [-0.4, -0.2) is 41.0 Å². The van der Waals surface area contributed by atoms with Gasteiger partial charge in [-0.2, -0.15) is 0 Å². The zero-order valence-corrected chi connectivity index (χ0v) is 11.5. The smallest absolute Gasteiger partial charge is 0.129 e. The second kappa shape index (κ2) is 6.69. The molecule has 1 heterocycles. The predicted octanol–water partition coefficient (Wildman–Crippen LogP) is 2.33. The quantitative estimate of drug-likeness (QED) is 0.839. The van der Waals surface area contributed by atoms with Crippen molar-refractivity contribution < 1.29 is 0 Å². The molecule has 1 aromatic rings. The molecule has 4 nitrogen and oxygen atoms in total. The minimum absolute atomic E-state index is 0.795. The normalized spacial score (nSPS) is 16.4. The standard InChI is InChI=1S/C14H24N4/c1-3-12-10-14(17-11-16-12)15-8-9-18(2)13-6-4-5-7-13/h10-11,13H,3-9H2,1-2H3,(H,15,16,17). The number of anilines is 1. The van der Waals surface area contributed by atoms with Gasteiger partial charge in [0.25, 0.3) is 0 Å². The molecule has 4 heteroatoms. The Kier molecular flexibility index (Phi) is 4.93. The third-order valence-electron chi connectivity index (χ3n) is 3.80. The fourth-order valence-corrected chi connectivity index (χ4v) is 2.58. The number of likely N-dealkylation sites (N-methyl/N-ethyl adjacent to an activating group) is 1. The molecule has 2 rings (SSSR count). The highest BCUT2D eigenvalue weighted by molar-refractivity contribution is 5.34. The highest BCUT2D eigenvalue weighted by atomic mass is 15.1. The molecule has 0 atom stereocenters. The Balaban J connectivity index is 1.73. The van der Waals surface area contributed by atoms with E-state index in [0.717, 1.165) is 37.1 Å². The number of hydrogen-bond donors (Lipinski definition) is 1. The van der Waals surface area contributed by atoms with Crippen LogP contribution in [-0.2, 0) is 6.42 Å². The summed E-state index contributed by atoms with van der Waals surface area (Å²) in [4.78, 5) is 10.9. The monoisotopic (exact) mass is 248 g/mol. The van der Waals surface area contributed by atoms with Crippen LogP contribution in [0.3, 0.4) is 0 Å². The molecule has 1 saturated carbocycles. The van der Waals surface area contributed by atoms with Crippen LogP contribution >= 0.6 is 0 Å². The molecule has 100 valence electrons. The van der Waals surface area contributed by atoms with Gasteiger partial charge in [-0.1, -0.05) is 19.8 Å². The number of rotatable bonds is 6. The van der Waals surface area contributed by atoms with Crippen LogP contribution in [0.15, 0.2) is 12.4 Å². The maximum absolute atomic E-state index is 4.24. The molecule has 0 radical (unpaired) electrons. The summed E-state index contributed by atoms with van der Waals surface area (Å²) in [5, 5.41) is 3.38. The van der Waals surface area contributed by atoms with Crippen LogP contribution in [0.5, 0.6) is 0 Å². The summed E-state index contributed by atoms with van der Waals surface area (Å²) < 4.78 is 0. The Morgan fingerprint density at radius 3 is 2.83 bits per heavy atom. The lowest BCUT2D eigenvalue weighted by Crippen LogP contribution is -2.33. The molecule has 0 aromatic carbocycles. The molecule has 1 aliphatic carbocycles. The lowest BCUT2D eigenvalue weighted by Gasteiger charge is -2.24. The Morgan fingerprint density at radius 1 is 1.33 bits per heavy atom. The van der Waals surface area contributed by atoms with Crippen molar-refractivity contribution in [1.29, 1.82) is 0 Å². The van der Waals surface area contributed by atoms with E-state index in [1.165, 1.54) is 25.7 Å². The average Bonchev–Trinajstić information content (AvgIpc) is 2.93. The summed E-state index contributed by atoms with van der Waals surface area (Å²) in [6.45, 7) is 4.14. The van der Waals surface area contributed by atoms with E-state index in [2.05, 4.69) is 34.2 Å². The van der Waals surface area contributed by atoms with Gasteiger partial charge in [0.15, 0.2) is 0 Å². The first-order valence-electron chi connectivity index (χ1n) is 7.04. The van der Waals surface area contributed by atoms with Gasteiger partial charge in [0.1, 0.15) is 12.1 Å². The maximum atomic E-state index is 4.24. The largest absolute Gasteiger partial charge is 0.369 e. The predicted molar refractivity (Wildman–Crippen MR) is 74.8 cm³/mol. The summed E-state index contributed by atoms with van der Waals surface area (Å²) in [5.41, 5.74) is 1.09. The van der Waals surface area contributed by atoms with Crippen molar-refractivity contribution in [2.45, 2.75) is 45.1 Å². The molecule has 18 heavy (non-hydrogen) atoms. The highest BCUT2D eigenvalue weighted by Gasteiger charge is 2.18. The van der Waals surface area contributed by atoms with Crippen LogP contribution < -0.4 is 5.32 Å². The van der Waals surface area contributed by atoms with Gasteiger partial charge < -0.3 is 10.2 Å². The second-order valence-electron chi connectivity index (χ2n) is 5.09. The van der Waals surface area contributed by atoms with Gasteiger partial charge in [0, 0.05) is 30.9 Å². The Morgan fingerprint density at radius 2 is 2.11 bits per heavy atom. The minimum atomic E-state index is 0.795. The van der Waals surface area contributed by atoms with Gasteiger partial charge in [0.05, 0.1) is 0 Å². The highest BCUT2D eigenvalue weighted by Crippen LogP contribution is 2.21. The molecule has 1 N–H and O–H groups in total. The van der Waals surface area contributed by atoms with Gasteiger partial charge >= 0.3 is 0 Å². The average molecular weight is 248 g/mol. The zero-order chi connectivity index (χ0) is 12.8. The van der Waals surface area contributed by atoms with Crippen LogP contribution in [0.25, 0.3) is 0 Å². The summed E-state index contributed by atoms with van der Waals surface area (Å²) in [5.74, 6) is 0.946. The summed E-state index contributed by atoms with van der Waals surface area (Å²) in [7, 11) is 2.23. The molecule has 1 aliphatic rings. The van der Waals surface area contributed by atoms with Crippen molar-refractivity contribution in [2.24, 2.45) is 0 Å². The first-order chi connectivity index (χ1) is 8.79. The number of nitrogens with one attached hydrogen (secondary N) is 1. The molecule has 0 bridgehead atoms. The van der Waals surface area contributed by atoms with Gasteiger partial charge in [-0.3, -0.25) is 0 Å². The second-order valence-corrected chi connectivity index (χ2v) is 5.09. The first-order valence-corrected chi connectivity index (χ1v) is 7.04. The van der Waals surface area contributed by atoms with Gasteiger partial charge in [-0.25, -0.2) is 9.97 Å². The number of aryl methyl sites for hydroxylation is 1. The number of hydrogen-bond acceptors (Lipinski definition) is 4. The van der Waals surface area contributed by atoms with Crippen molar-refractivity contribution in [3.8, 4) is 0 Å². The van der Waals surface area contributed by atoms with Gasteiger partial charge in [-0.15, -0.1) is 0 Å². The lowest BCUT2D eigenvalue weighted by atomic mass is 10.2. The van der Waals surface area contributed by atoms with Crippen LogP contribution in [0.2, 0.25) is 0 Å². The first kappa shape index (κ1) is 13.3. The molecule has 0 unspecified atom stereocenters. The van der Waals surface area contributed by atoms with E-state index in [4.69, 9.17) is 0 Å². The molecule has 0 amide bonds. The van der Waals surface area contributed by atoms with E-state index in [0.29, 0.717) is 0 Å². The summed E-state index contributed by atoms with van der Waals surface area (Å²) in [6, 6.07) is 2.83. The molecule has 1 aromatic heterocycles. The Labute approximate surface area is 110 Å². The Hall–Kier alpha value is -1.16. The molecule has 0 aliphatic heterocycles. The molecular weight excluding hydrogens is 224 g/mol. The SMILES string of the molecule is CCc1cc(NCCN(C)C2CCCC2)ncn1. The fourth-order valence-electron chi connectivity index (χ4n) is 2.58. The van der Waals surface area contributed by atoms with Crippen molar-refractivity contribution in [1.82, 2.24) is 14.9 Å². The molecular formula is C14H24N4. The minimum Gasteiger partial charge on any atom is -0.369 e. The van der Waals surface area contributed by atoms with Crippen molar-refractivity contribution >= 4 is 5.82 Å². The van der Waals surface area contributed by atoms with E-state index in [-0.39, 0.29) is 0 Å². The van der Waals surface area contributed by atoms with E-state index in [1.54, 1.807) is 6.33 Å².